The van der Waals surface area contributed by atoms with Gasteiger partial charge < -0.3 is 10.1 Å². The molecule has 1 aromatic carbocycles. The molecule has 0 aromatic heterocycles. The summed E-state index contributed by atoms with van der Waals surface area (Å²) in [5.41, 5.74) is 2.54. The number of halogens is 1. The molecule has 0 aliphatic heterocycles. The molecule has 0 bridgehead atoms. The maximum absolute atomic E-state index is 5.46. The minimum Gasteiger partial charge on any atom is -0.496 e. The highest BCUT2D eigenvalue weighted by atomic mass is 79.9. The summed E-state index contributed by atoms with van der Waals surface area (Å²) in [7, 11) is 3.70. The van der Waals surface area contributed by atoms with Crippen molar-refractivity contribution in [2.75, 3.05) is 20.7 Å². The van der Waals surface area contributed by atoms with E-state index in [9.17, 15) is 0 Å². The normalized spacial score (nSPS) is 10.9. The second-order valence-electron chi connectivity index (χ2n) is 4.20. The zero-order valence-electron chi connectivity index (χ0n) is 10.4. The molecule has 3 heteroatoms. The van der Waals surface area contributed by atoms with Crippen molar-refractivity contribution in [3.8, 4) is 5.75 Å². The molecular formula is C13H20BrNO. The summed E-state index contributed by atoms with van der Waals surface area (Å²) in [6.45, 7) is 5.34. The fourth-order valence-corrected chi connectivity index (χ4v) is 2.74. The van der Waals surface area contributed by atoms with E-state index in [1.807, 2.05) is 7.05 Å². The smallest absolute Gasteiger partial charge is 0.123 e. The average molecular weight is 286 g/mol. The van der Waals surface area contributed by atoms with Crippen molar-refractivity contribution in [3.63, 3.8) is 0 Å². The number of hydrogen-bond acceptors (Lipinski definition) is 2. The molecule has 0 amide bonds. The number of ether oxygens (including phenoxy) is 1. The fraction of sp³-hybridized carbons (Fsp3) is 0.538. The van der Waals surface area contributed by atoms with Gasteiger partial charge in [-0.1, -0.05) is 29.8 Å². The fourth-order valence-electron chi connectivity index (χ4n) is 1.79. The molecular weight excluding hydrogens is 266 g/mol. The van der Waals surface area contributed by atoms with Gasteiger partial charge in [0.2, 0.25) is 0 Å². The van der Waals surface area contributed by atoms with Crippen LogP contribution in [0.5, 0.6) is 5.75 Å². The van der Waals surface area contributed by atoms with Crippen molar-refractivity contribution < 1.29 is 4.74 Å². The third kappa shape index (κ3) is 3.22. The van der Waals surface area contributed by atoms with E-state index in [4.69, 9.17) is 4.74 Å². The molecule has 1 rings (SSSR count). The summed E-state index contributed by atoms with van der Waals surface area (Å²) in [5, 5.41) is 3.15. The summed E-state index contributed by atoms with van der Waals surface area (Å²) in [6, 6.07) is 4.33. The Balaban J connectivity index is 3.06. The van der Waals surface area contributed by atoms with Gasteiger partial charge in [0.05, 0.1) is 7.11 Å². The lowest BCUT2D eigenvalue weighted by Crippen LogP contribution is -2.10. The Hall–Kier alpha value is -0.540. The Kier molecular flexibility index (Phi) is 5.29. The van der Waals surface area contributed by atoms with Gasteiger partial charge in [-0.25, -0.2) is 0 Å². The van der Waals surface area contributed by atoms with E-state index in [1.54, 1.807) is 7.11 Å². The Morgan fingerprint density at radius 3 is 2.56 bits per heavy atom. The van der Waals surface area contributed by atoms with E-state index < -0.39 is 0 Å². The molecule has 0 saturated heterocycles. The van der Waals surface area contributed by atoms with Crippen molar-refractivity contribution in [2.24, 2.45) is 0 Å². The van der Waals surface area contributed by atoms with Crippen LogP contribution in [0.15, 0.2) is 16.6 Å². The molecule has 1 N–H and O–H groups in total. The van der Waals surface area contributed by atoms with Gasteiger partial charge in [-0.2, -0.15) is 0 Å². The first-order valence-corrected chi connectivity index (χ1v) is 6.40. The molecule has 0 aliphatic carbocycles. The maximum atomic E-state index is 5.46. The molecule has 0 spiro atoms. The summed E-state index contributed by atoms with van der Waals surface area (Å²) in [4.78, 5) is 0. The van der Waals surface area contributed by atoms with Crippen LogP contribution in [0, 0.1) is 0 Å². The first-order chi connectivity index (χ1) is 7.60. The molecule has 0 saturated carbocycles. The van der Waals surface area contributed by atoms with Crippen LogP contribution in [0.1, 0.15) is 30.9 Å². The number of benzene rings is 1. The molecule has 0 radical (unpaired) electrons. The van der Waals surface area contributed by atoms with Crippen LogP contribution >= 0.6 is 15.9 Å². The number of likely N-dealkylation sites (N-methyl/N-ethyl adjacent to an activating group) is 1. The molecule has 0 unspecified atom stereocenters. The number of nitrogens with one attached hydrogen (secondary N) is 1. The van der Waals surface area contributed by atoms with E-state index in [1.165, 1.54) is 11.1 Å². The molecule has 0 fully saturated rings. The lowest BCUT2D eigenvalue weighted by atomic mass is 9.99. The van der Waals surface area contributed by atoms with Crippen molar-refractivity contribution in [3.05, 3.63) is 27.7 Å². The number of hydrogen-bond donors (Lipinski definition) is 1. The predicted molar refractivity (Wildman–Crippen MR) is 72.4 cm³/mol. The van der Waals surface area contributed by atoms with Crippen LogP contribution < -0.4 is 10.1 Å². The zero-order valence-corrected chi connectivity index (χ0v) is 12.0. The van der Waals surface area contributed by atoms with E-state index >= 15 is 0 Å². The Morgan fingerprint density at radius 2 is 2.06 bits per heavy atom. The maximum Gasteiger partial charge on any atom is 0.123 e. The second kappa shape index (κ2) is 6.26. The summed E-state index contributed by atoms with van der Waals surface area (Å²) >= 11 is 3.63. The zero-order chi connectivity index (χ0) is 12.1. The molecule has 0 atom stereocenters. The van der Waals surface area contributed by atoms with Crippen LogP contribution in [0.2, 0.25) is 0 Å². The van der Waals surface area contributed by atoms with Crippen LogP contribution in [0.25, 0.3) is 0 Å². The summed E-state index contributed by atoms with van der Waals surface area (Å²) in [5.74, 6) is 1.44. The van der Waals surface area contributed by atoms with E-state index in [2.05, 4.69) is 47.2 Å². The van der Waals surface area contributed by atoms with Gasteiger partial charge in [-0.3, -0.25) is 0 Å². The Labute approximate surface area is 107 Å². The second-order valence-corrected chi connectivity index (χ2v) is 5.06. The highest BCUT2D eigenvalue weighted by Gasteiger charge is 2.12. The number of rotatable bonds is 5. The van der Waals surface area contributed by atoms with Crippen molar-refractivity contribution in [1.29, 1.82) is 0 Å². The van der Waals surface area contributed by atoms with Gasteiger partial charge in [0.25, 0.3) is 0 Å². The van der Waals surface area contributed by atoms with Crippen LogP contribution in [-0.4, -0.2) is 20.7 Å². The van der Waals surface area contributed by atoms with Gasteiger partial charge in [0.15, 0.2) is 0 Å². The highest BCUT2D eigenvalue weighted by Crippen LogP contribution is 2.34. The Bertz CT molecular complexity index is 350. The molecule has 16 heavy (non-hydrogen) atoms. The third-order valence-electron chi connectivity index (χ3n) is 2.61. The molecule has 1 aromatic rings. The first kappa shape index (κ1) is 13.5. The quantitative estimate of drug-likeness (QED) is 0.896. The highest BCUT2D eigenvalue weighted by molar-refractivity contribution is 9.10. The topological polar surface area (TPSA) is 21.3 Å². The minimum absolute atomic E-state index is 0.461. The van der Waals surface area contributed by atoms with Gasteiger partial charge in [-0.15, -0.1) is 0 Å². The van der Waals surface area contributed by atoms with Gasteiger partial charge in [-0.05, 0) is 43.6 Å². The molecule has 0 heterocycles. The summed E-state index contributed by atoms with van der Waals surface area (Å²) in [6.07, 6.45) is 1.02. The van der Waals surface area contributed by atoms with E-state index in [0.717, 1.165) is 23.2 Å². The standard InChI is InChI=1S/C13H20BrNO/c1-9(2)13-11(14)7-10(5-6-15-3)8-12(13)16-4/h7-9,15H,5-6H2,1-4H3. The van der Waals surface area contributed by atoms with Gasteiger partial charge in [0.1, 0.15) is 5.75 Å². The lowest BCUT2D eigenvalue weighted by molar-refractivity contribution is 0.406. The van der Waals surface area contributed by atoms with Gasteiger partial charge in [0, 0.05) is 10.0 Å². The van der Waals surface area contributed by atoms with Crippen LogP contribution in [0.3, 0.4) is 0 Å². The van der Waals surface area contributed by atoms with Crippen LogP contribution in [0.4, 0.5) is 0 Å². The number of methoxy groups -OCH3 is 1. The van der Waals surface area contributed by atoms with Crippen molar-refractivity contribution in [1.82, 2.24) is 5.32 Å². The molecule has 0 aliphatic rings. The van der Waals surface area contributed by atoms with Crippen molar-refractivity contribution in [2.45, 2.75) is 26.2 Å². The average Bonchev–Trinajstić information content (AvgIpc) is 2.24. The first-order valence-electron chi connectivity index (χ1n) is 5.61. The predicted octanol–water partition coefficient (Wildman–Crippen LogP) is 3.34. The van der Waals surface area contributed by atoms with E-state index in [-0.39, 0.29) is 0 Å². The van der Waals surface area contributed by atoms with Crippen molar-refractivity contribution >= 4 is 15.9 Å². The largest absolute Gasteiger partial charge is 0.496 e. The lowest BCUT2D eigenvalue weighted by Gasteiger charge is -2.15. The van der Waals surface area contributed by atoms with E-state index in [0.29, 0.717) is 5.92 Å². The van der Waals surface area contributed by atoms with Gasteiger partial charge >= 0.3 is 0 Å². The Morgan fingerprint density at radius 1 is 1.38 bits per heavy atom. The monoisotopic (exact) mass is 285 g/mol. The molecule has 90 valence electrons. The molecule has 2 nitrogen and oxygen atoms in total. The third-order valence-corrected chi connectivity index (χ3v) is 3.27. The SMILES string of the molecule is CNCCc1cc(Br)c(C(C)C)c(OC)c1. The minimum atomic E-state index is 0.461. The van der Waals surface area contributed by atoms with Crippen LogP contribution in [-0.2, 0) is 6.42 Å². The summed E-state index contributed by atoms with van der Waals surface area (Å²) < 4.78 is 6.60.